The Labute approximate surface area is 88.2 Å². The number of amides is 1. The molecular formula is C11H14N2O2. The molecule has 0 radical (unpaired) electrons. The fourth-order valence-corrected chi connectivity index (χ4v) is 1.43. The minimum Gasteiger partial charge on any atom is -0.490 e. The number of hydrogen-bond acceptors (Lipinski definition) is 3. The number of benzene rings is 1. The number of carbonyl (C=O) groups excluding carboxylic acids is 1. The maximum absolute atomic E-state index is 11.1. The van der Waals surface area contributed by atoms with Gasteiger partial charge >= 0.3 is 0 Å². The van der Waals surface area contributed by atoms with E-state index < -0.39 is 5.91 Å². The summed E-state index contributed by atoms with van der Waals surface area (Å²) >= 11 is 0. The summed E-state index contributed by atoms with van der Waals surface area (Å²) in [6.07, 6.45) is 2.56. The Morgan fingerprint density at radius 3 is 2.73 bits per heavy atom. The number of ether oxygens (including phenoxy) is 1. The van der Waals surface area contributed by atoms with Crippen LogP contribution in [-0.2, 0) is 6.54 Å². The fraction of sp³-hybridized carbons (Fsp3) is 0.364. The summed E-state index contributed by atoms with van der Waals surface area (Å²) in [5.74, 6) is 0.316. The molecule has 0 bridgehead atoms. The Morgan fingerprint density at radius 2 is 2.20 bits per heavy atom. The molecule has 1 aliphatic carbocycles. The highest BCUT2D eigenvalue weighted by atomic mass is 16.5. The van der Waals surface area contributed by atoms with Gasteiger partial charge in [0.05, 0.1) is 6.10 Å². The smallest absolute Gasteiger partial charge is 0.249 e. The van der Waals surface area contributed by atoms with Crippen molar-refractivity contribution in [2.24, 2.45) is 11.5 Å². The zero-order valence-electron chi connectivity index (χ0n) is 8.40. The lowest BCUT2D eigenvalue weighted by Crippen LogP contribution is -2.15. The molecule has 4 nitrogen and oxygen atoms in total. The normalized spacial score (nSPS) is 15.0. The van der Waals surface area contributed by atoms with E-state index in [1.165, 1.54) is 0 Å². The summed E-state index contributed by atoms with van der Waals surface area (Å²) in [6.45, 7) is 0.292. The van der Waals surface area contributed by atoms with Crippen LogP contribution in [0.2, 0.25) is 0 Å². The molecule has 2 rings (SSSR count). The van der Waals surface area contributed by atoms with Gasteiger partial charge in [-0.3, -0.25) is 4.79 Å². The molecule has 0 saturated heterocycles. The zero-order chi connectivity index (χ0) is 10.8. The number of nitrogens with two attached hydrogens (primary N) is 2. The van der Waals surface area contributed by atoms with Gasteiger partial charge in [0.1, 0.15) is 5.75 Å². The lowest BCUT2D eigenvalue weighted by Gasteiger charge is -2.08. The summed E-state index contributed by atoms with van der Waals surface area (Å²) in [6, 6.07) is 5.22. The topological polar surface area (TPSA) is 78.3 Å². The first kappa shape index (κ1) is 9.98. The first-order valence-corrected chi connectivity index (χ1v) is 5.00. The standard InChI is InChI=1S/C11H14N2O2/c12-6-7-5-9(15-8-1-2-8)3-4-10(7)11(13)14/h3-5,8H,1-2,6,12H2,(H2,13,14). The molecule has 80 valence electrons. The van der Waals surface area contributed by atoms with Crippen molar-refractivity contribution in [2.75, 3.05) is 0 Å². The van der Waals surface area contributed by atoms with E-state index in [0.717, 1.165) is 24.2 Å². The third-order valence-corrected chi connectivity index (χ3v) is 2.39. The summed E-state index contributed by atoms with van der Waals surface area (Å²) in [4.78, 5) is 11.1. The molecule has 1 aromatic rings. The Balaban J connectivity index is 2.24. The number of primary amides is 1. The van der Waals surface area contributed by atoms with Crippen LogP contribution in [0.1, 0.15) is 28.8 Å². The van der Waals surface area contributed by atoms with Crippen molar-refractivity contribution in [3.05, 3.63) is 29.3 Å². The Morgan fingerprint density at radius 1 is 1.47 bits per heavy atom. The average molecular weight is 206 g/mol. The summed E-state index contributed by atoms with van der Waals surface area (Å²) in [5, 5.41) is 0. The molecule has 15 heavy (non-hydrogen) atoms. The number of hydrogen-bond donors (Lipinski definition) is 2. The van der Waals surface area contributed by atoms with Crippen LogP contribution in [0.3, 0.4) is 0 Å². The van der Waals surface area contributed by atoms with Crippen molar-refractivity contribution in [2.45, 2.75) is 25.5 Å². The van der Waals surface area contributed by atoms with Gasteiger partial charge in [0.15, 0.2) is 0 Å². The first-order valence-electron chi connectivity index (χ1n) is 5.00. The minimum atomic E-state index is -0.451. The van der Waals surface area contributed by atoms with Gasteiger partial charge in [0.2, 0.25) is 5.91 Å². The van der Waals surface area contributed by atoms with E-state index >= 15 is 0 Å². The monoisotopic (exact) mass is 206 g/mol. The van der Waals surface area contributed by atoms with Gasteiger partial charge in [-0.1, -0.05) is 0 Å². The molecule has 0 atom stereocenters. The van der Waals surface area contributed by atoms with Gasteiger partial charge in [0, 0.05) is 12.1 Å². The Kier molecular flexibility index (Phi) is 2.60. The molecule has 0 aromatic heterocycles. The van der Waals surface area contributed by atoms with E-state index in [1.807, 2.05) is 0 Å². The lowest BCUT2D eigenvalue weighted by molar-refractivity contribution is 0.0999. The molecule has 4 heteroatoms. The molecule has 4 N–H and O–H groups in total. The van der Waals surface area contributed by atoms with E-state index in [0.29, 0.717) is 18.2 Å². The van der Waals surface area contributed by atoms with Gasteiger partial charge in [-0.05, 0) is 36.6 Å². The number of carbonyl (C=O) groups is 1. The third-order valence-electron chi connectivity index (χ3n) is 2.39. The lowest BCUT2D eigenvalue weighted by atomic mass is 10.1. The second-order valence-electron chi connectivity index (χ2n) is 3.70. The molecule has 1 amide bonds. The second kappa shape index (κ2) is 3.90. The van der Waals surface area contributed by atoms with Crippen LogP contribution in [-0.4, -0.2) is 12.0 Å². The van der Waals surface area contributed by atoms with Gasteiger partial charge in [-0.15, -0.1) is 0 Å². The van der Waals surface area contributed by atoms with Gasteiger partial charge in [-0.2, -0.15) is 0 Å². The van der Waals surface area contributed by atoms with E-state index in [4.69, 9.17) is 16.2 Å². The molecule has 0 unspecified atom stereocenters. The largest absolute Gasteiger partial charge is 0.490 e. The molecule has 0 heterocycles. The third kappa shape index (κ3) is 2.27. The van der Waals surface area contributed by atoms with Crippen LogP contribution in [0.25, 0.3) is 0 Å². The van der Waals surface area contributed by atoms with Crippen LogP contribution in [0.4, 0.5) is 0 Å². The predicted molar refractivity (Wildman–Crippen MR) is 56.5 cm³/mol. The van der Waals surface area contributed by atoms with Gasteiger partial charge in [0.25, 0.3) is 0 Å². The van der Waals surface area contributed by atoms with Crippen molar-refractivity contribution >= 4 is 5.91 Å². The zero-order valence-corrected chi connectivity index (χ0v) is 8.40. The summed E-state index contributed by atoms with van der Waals surface area (Å²) in [7, 11) is 0. The number of rotatable bonds is 4. The van der Waals surface area contributed by atoms with Gasteiger partial charge < -0.3 is 16.2 Å². The highest BCUT2D eigenvalue weighted by Crippen LogP contribution is 2.27. The molecular weight excluding hydrogens is 192 g/mol. The van der Waals surface area contributed by atoms with Crippen molar-refractivity contribution < 1.29 is 9.53 Å². The SMILES string of the molecule is NCc1cc(OC2CC2)ccc1C(N)=O. The molecule has 1 aliphatic rings. The summed E-state index contributed by atoms with van der Waals surface area (Å²) < 4.78 is 5.59. The van der Waals surface area contributed by atoms with E-state index in [2.05, 4.69) is 0 Å². The minimum absolute atomic E-state index is 0.292. The van der Waals surface area contributed by atoms with Crippen molar-refractivity contribution in [1.29, 1.82) is 0 Å². The molecule has 1 saturated carbocycles. The maximum atomic E-state index is 11.1. The molecule has 0 spiro atoms. The van der Waals surface area contributed by atoms with Crippen molar-refractivity contribution in [3.63, 3.8) is 0 Å². The molecule has 1 aromatic carbocycles. The van der Waals surface area contributed by atoms with Crippen LogP contribution in [0.5, 0.6) is 5.75 Å². The average Bonchev–Trinajstić information content (AvgIpc) is 3.01. The van der Waals surface area contributed by atoms with Crippen LogP contribution in [0.15, 0.2) is 18.2 Å². The van der Waals surface area contributed by atoms with Crippen molar-refractivity contribution in [3.8, 4) is 5.75 Å². The Hall–Kier alpha value is -1.55. The highest BCUT2D eigenvalue weighted by molar-refractivity contribution is 5.94. The quantitative estimate of drug-likeness (QED) is 0.764. The second-order valence-corrected chi connectivity index (χ2v) is 3.70. The highest BCUT2D eigenvalue weighted by Gasteiger charge is 2.23. The first-order chi connectivity index (χ1) is 7.20. The fourth-order valence-electron chi connectivity index (χ4n) is 1.43. The van der Waals surface area contributed by atoms with Crippen molar-refractivity contribution in [1.82, 2.24) is 0 Å². The van der Waals surface area contributed by atoms with Crippen LogP contribution < -0.4 is 16.2 Å². The molecule has 0 aliphatic heterocycles. The van der Waals surface area contributed by atoms with Crippen LogP contribution in [0, 0.1) is 0 Å². The predicted octanol–water partition coefficient (Wildman–Crippen LogP) is 0.785. The van der Waals surface area contributed by atoms with Crippen LogP contribution >= 0.6 is 0 Å². The Bertz CT molecular complexity index is 386. The van der Waals surface area contributed by atoms with E-state index in [1.54, 1.807) is 18.2 Å². The van der Waals surface area contributed by atoms with E-state index in [9.17, 15) is 4.79 Å². The van der Waals surface area contributed by atoms with E-state index in [-0.39, 0.29) is 0 Å². The summed E-state index contributed by atoms with van der Waals surface area (Å²) in [5.41, 5.74) is 12.0. The maximum Gasteiger partial charge on any atom is 0.249 e. The van der Waals surface area contributed by atoms with Gasteiger partial charge in [-0.25, -0.2) is 0 Å². The molecule has 1 fully saturated rings.